The standard InChI is InChI=1S/C10H21NO2/c1-2-8-13-9-6-11(5-7-12)10-3-4-10/h10,12H,2-9H2,1H3. The maximum Gasteiger partial charge on any atom is 0.0593 e. The van der Waals surface area contributed by atoms with E-state index < -0.39 is 0 Å². The van der Waals surface area contributed by atoms with Gasteiger partial charge in [0.2, 0.25) is 0 Å². The fourth-order valence-electron chi connectivity index (χ4n) is 1.47. The van der Waals surface area contributed by atoms with Gasteiger partial charge in [-0.15, -0.1) is 0 Å². The number of nitrogens with zero attached hydrogens (tertiary/aromatic N) is 1. The van der Waals surface area contributed by atoms with E-state index in [0.717, 1.165) is 38.8 Å². The second kappa shape index (κ2) is 6.35. The van der Waals surface area contributed by atoms with Crippen LogP contribution < -0.4 is 0 Å². The van der Waals surface area contributed by atoms with Crippen molar-refractivity contribution in [2.75, 3.05) is 32.9 Å². The van der Waals surface area contributed by atoms with Crippen LogP contribution in [0.2, 0.25) is 0 Å². The van der Waals surface area contributed by atoms with Gasteiger partial charge in [0.1, 0.15) is 0 Å². The maximum atomic E-state index is 8.83. The zero-order chi connectivity index (χ0) is 9.52. The van der Waals surface area contributed by atoms with Gasteiger partial charge in [0, 0.05) is 25.7 Å². The summed E-state index contributed by atoms with van der Waals surface area (Å²) < 4.78 is 5.41. The van der Waals surface area contributed by atoms with Gasteiger partial charge in [-0.2, -0.15) is 0 Å². The van der Waals surface area contributed by atoms with Crippen molar-refractivity contribution in [2.24, 2.45) is 0 Å². The number of aliphatic hydroxyl groups excluding tert-OH is 1. The maximum absolute atomic E-state index is 8.83. The molecule has 1 aliphatic rings. The van der Waals surface area contributed by atoms with E-state index in [1.54, 1.807) is 0 Å². The Labute approximate surface area is 80.7 Å². The third-order valence-corrected chi connectivity index (χ3v) is 2.32. The molecule has 78 valence electrons. The Morgan fingerprint density at radius 1 is 1.31 bits per heavy atom. The molecule has 3 nitrogen and oxygen atoms in total. The molecule has 0 heterocycles. The van der Waals surface area contributed by atoms with Gasteiger partial charge in [0.15, 0.2) is 0 Å². The smallest absolute Gasteiger partial charge is 0.0593 e. The molecule has 0 bridgehead atoms. The van der Waals surface area contributed by atoms with Gasteiger partial charge >= 0.3 is 0 Å². The molecular weight excluding hydrogens is 166 g/mol. The van der Waals surface area contributed by atoms with Crippen molar-refractivity contribution >= 4 is 0 Å². The van der Waals surface area contributed by atoms with Crippen LogP contribution in [0, 0.1) is 0 Å². The molecule has 3 heteroatoms. The lowest BCUT2D eigenvalue weighted by molar-refractivity contribution is 0.0929. The van der Waals surface area contributed by atoms with Gasteiger partial charge in [-0.25, -0.2) is 0 Å². The molecule has 0 aliphatic heterocycles. The van der Waals surface area contributed by atoms with Crippen LogP contribution in [-0.4, -0.2) is 49.0 Å². The van der Waals surface area contributed by atoms with Crippen LogP contribution >= 0.6 is 0 Å². The molecule has 0 spiro atoms. The van der Waals surface area contributed by atoms with E-state index in [9.17, 15) is 0 Å². The van der Waals surface area contributed by atoms with E-state index in [4.69, 9.17) is 9.84 Å². The first-order chi connectivity index (χ1) is 6.38. The Balaban J connectivity index is 2.00. The second-order valence-electron chi connectivity index (χ2n) is 3.60. The molecule has 0 aromatic heterocycles. The van der Waals surface area contributed by atoms with Crippen molar-refractivity contribution in [1.29, 1.82) is 0 Å². The Bertz CT molecular complexity index is 126. The molecule has 13 heavy (non-hydrogen) atoms. The molecule has 1 rings (SSSR count). The van der Waals surface area contributed by atoms with Gasteiger partial charge in [0.25, 0.3) is 0 Å². The van der Waals surface area contributed by atoms with Crippen molar-refractivity contribution in [3.05, 3.63) is 0 Å². The monoisotopic (exact) mass is 187 g/mol. The summed E-state index contributed by atoms with van der Waals surface area (Å²) >= 11 is 0. The lowest BCUT2D eigenvalue weighted by Crippen LogP contribution is -2.32. The fraction of sp³-hybridized carbons (Fsp3) is 1.00. The van der Waals surface area contributed by atoms with Crippen LogP contribution in [0.15, 0.2) is 0 Å². The highest BCUT2D eigenvalue weighted by Crippen LogP contribution is 2.25. The lowest BCUT2D eigenvalue weighted by Gasteiger charge is -2.20. The van der Waals surface area contributed by atoms with Gasteiger partial charge in [-0.1, -0.05) is 6.92 Å². The third kappa shape index (κ3) is 4.60. The number of hydrogen-bond acceptors (Lipinski definition) is 3. The van der Waals surface area contributed by atoms with E-state index in [1.807, 2.05) is 0 Å². The van der Waals surface area contributed by atoms with Crippen molar-refractivity contribution in [3.63, 3.8) is 0 Å². The van der Waals surface area contributed by atoms with E-state index in [0.29, 0.717) is 0 Å². The molecule has 0 amide bonds. The van der Waals surface area contributed by atoms with Crippen LogP contribution in [0.3, 0.4) is 0 Å². The lowest BCUT2D eigenvalue weighted by atomic mass is 10.4. The third-order valence-electron chi connectivity index (χ3n) is 2.32. The summed E-state index contributed by atoms with van der Waals surface area (Å²) in [6, 6.07) is 0.734. The minimum atomic E-state index is 0.268. The molecule has 1 saturated carbocycles. The van der Waals surface area contributed by atoms with E-state index in [1.165, 1.54) is 12.8 Å². The second-order valence-corrected chi connectivity index (χ2v) is 3.60. The highest BCUT2D eigenvalue weighted by Gasteiger charge is 2.27. The first kappa shape index (κ1) is 11.0. The van der Waals surface area contributed by atoms with Crippen LogP contribution in [-0.2, 0) is 4.74 Å². The van der Waals surface area contributed by atoms with Crippen LogP contribution in [0.5, 0.6) is 0 Å². The quantitative estimate of drug-likeness (QED) is 0.572. The SMILES string of the molecule is CCCOCCN(CCO)C1CC1. The van der Waals surface area contributed by atoms with Crippen molar-refractivity contribution < 1.29 is 9.84 Å². The molecule has 0 saturated heterocycles. The minimum Gasteiger partial charge on any atom is -0.395 e. The fourth-order valence-corrected chi connectivity index (χ4v) is 1.47. The molecule has 1 aliphatic carbocycles. The summed E-state index contributed by atoms with van der Waals surface area (Å²) in [6.45, 7) is 5.84. The molecule has 1 fully saturated rings. The predicted octanol–water partition coefficient (Wildman–Crippen LogP) is 0.870. The van der Waals surface area contributed by atoms with Crippen molar-refractivity contribution in [3.8, 4) is 0 Å². The summed E-state index contributed by atoms with van der Waals surface area (Å²) in [5, 5.41) is 8.83. The van der Waals surface area contributed by atoms with Gasteiger partial charge < -0.3 is 9.84 Å². The summed E-state index contributed by atoms with van der Waals surface area (Å²) in [4.78, 5) is 2.33. The summed E-state index contributed by atoms with van der Waals surface area (Å²) in [5.74, 6) is 0. The highest BCUT2D eigenvalue weighted by molar-refractivity contribution is 4.84. The van der Waals surface area contributed by atoms with Crippen LogP contribution in [0.25, 0.3) is 0 Å². The summed E-state index contributed by atoms with van der Waals surface area (Å²) in [7, 11) is 0. The highest BCUT2D eigenvalue weighted by atomic mass is 16.5. The normalized spacial score (nSPS) is 16.8. The number of aliphatic hydroxyl groups is 1. The van der Waals surface area contributed by atoms with E-state index in [2.05, 4.69) is 11.8 Å². The summed E-state index contributed by atoms with van der Waals surface area (Å²) in [6.07, 6.45) is 3.69. The van der Waals surface area contributed by atoms with E-state index in [-0.39, 0.29) is 6.61 Å². The molecule has 0 unspecified atom stereocenters. The minimum absolute atomic E-state index is 0.268. The van der Waals surface area contributed by atoms with Crippen molar-refractivity contribution in [2.45, 2.75) is 32.2 Å². The van der Waals surface area contributed by atoms with Gasteiger partial charge in [-0.05, 0) is 19.3 Å². The Morgan fingerprint density at radius 2 is 2.08 bits per heavy atom. The average Bonchev–Trinajstić information content (AvgIpc) is 2.93. The van der Waals surface area contributed by atoms with E-state index >= 15 is 0 Å². The van der Waals surface area contributed by atoms with Crippen LogP contribution in [0.4, 0.5) is 0 Å². The molecule has 0 radical (unpaired) electrons. The van der Waals surface area contributed by atoms with Crippen LogP contribution in [0.1, 0.15) is 26.2 Å². The topological polar surface area (TPSA) is 32.7 Å². The van der Waals surface area contributed by atoms with Gasteiger partial charge in [0.05, 0.1) is 13.2 Å². The molecular formula is C10H21NO2. The molecule has 0 atom stereocenters. The molecule has 0 aromatic carbocycles. The van der Waals surface area contributed by atoms with Gasteiger partial charge in [-0.3, -0.25) is 4.90 Å². The zero-order valence-electron chi connectivity index (χ0n) is 8.54. The Kier molecular flexibility index (Phi) is 5.35. The van der Waals surface area contributed by atoms with Crippen molar-refractivity contribution in [1.82, 2.24) is 4.90 Å². The number of hydrogen-bond donors (Lipinski definition) is 1. The molecule has 1 N–H and O–H groups in total. The Hall–Kier alpha value is -0.120. The predicted molar refractivity (Wildman–Crippen MR) is 52.8 cm³/mol. The number of rotatable bonds is 8. The Morgan fingerprint density at radius 3 is 2.62 bits per heavy atom. The first-order valence-corrected chi connectivity index (χ1v) is 5.31. The zero-order valence-corrected chi connectivity index (χ0v) is 8.54. The average molecular weight is 187 g/mol. The number of ether oxygens (including phenoxy) is 1. The molecule has 0 aromatic rings. The summed E-state index contributed by atoms with van der Waals surface area (Å²) in [5.41, 5.74) is 0. The first-order valence-electron chi connectivity index (χ1n) is 5.31. The largest absolute Gasteiger partial charge is 0.395 e.